The zero-order valence-electron chi connectivity index (χ0n) is 13.7. The molecular weight excluding hydrogens is 349 g/mol. The topological polar surface area (TPSA) is 29.1 Å². The number of rotatable bonds is 3. The third kappa shape index (κ3) is 2.91. The van der Waals surface area contributed by atoms with Crippen LogP contribution < -0.4 is 5.32 Å². The van der Waals surface area contributed by atoms with Crippen molar-refractivity contribution < 1.29 is 9.18 Å². The predicted octanol–water partition coefficient (Wildman–Crippen LogP) is 5.80. The second-order valence-corrected chi connectivity index (χ2v) is 6.56. The van der Waals surface area contributed by atoms with Crippen LogP contribution in [0.5, 0.6) is 0 Å². The SMILES string of the molecule is O=C1/C(=C/Nc2ccc(Cl)cc2)[C@@H](c2ccccc2)c2cccc(F)c21. The maximum Gasteiger partial charge on any atom is 0.194 e. The lowest BCUT2D eigenvalue weighted by atomic mass is 9.90. The van der Waals surface area contributed by atoms with Crippen molar-refractivity contribution in [1.82, 2.24) is 0 Å². The Labute approximate surface area is 155 Å². The van der Waals surface area contributed by atoms with Crippen LogP contribution in [0.2, 0.25) is 5.02 Å². The van der Waals surface area contributed by atoms with Crippen molar-refractivity contribution in [2.24, 2.45) is 0 Å². The number of nitrogens with one attached hydrogen (secondary N) is 1. The molecule has 0 aliphatic heterocycles. The van der Waals surface area contributed by atoms with Crippen LogP contribution in [0.1, 0.15) is 27.4 Å². The van der Waals surface area contributed by atoms with Gasteiger partial charge in [-0.1, -0.05) is 54.1 Å². The van der Waals surface area contributed by atoms with E-state index in [0.29, 0.717) is 16.2 Å². The molecule has 2 nitrogen and oxygen atoms in total. The molecule has 1 atom stereocenters. The molecule has 1 aliphatic rings. The second kappa shape index (κ2) is 6.77. The summed E-state index contributed by atoms with van der Waals surface area (Å²) in [5, 5.41) is 3.77. The van der Waals surface area contributed by atoms with Gasteiger partial charge >= 0.3 is 0 Å². The highest BCUT2D eigenvalue weighted by molar-refractivity contribution is 6.30. The summed E-state index contributed by atoms with van der Waals surface area (Å²) < 4.78 is 14.3. The molecule has 0 saturated heterocycles. The Kier molecular flexibility index (Phi) is 4.31. The third-order valence-electron chi connectivity index (χ3n) is 4.53. The van der Waals surface area contributed by atoms with Crippen molar-refractivity contribution in [3.05, 3.63) is 112 Å². The lowest BCUT2D eigenvalue weighted by Gasteiger charge is -2.14. The van der Waals surface area contributed by atoms with Crippen LogP contribution in [-0.2, 0) is 0 Å². The number of hydrogen-bond donors (Lipinski definition) is 1. The van der Waals surface area contributed by atoms with Gasteiger partial charge < -0.3 is 5.32 Å². The fourth-order valence-corrected chi connectivity index (χ4v) is 3.45. The zero-order valence-corrected chi connectivity index (χ0v) is 14.5. The van der Waals surface area contributed by atoms with E-state index >= 15 is 0 Å². The van der Waals surface area contributed by atoms with Gasteiger partial charge in [-0.2, -0.15) is 0 Å². The number of fused-ring (bicyclic) bond motifs is 1. The minimum atomic E-state index is -0.483. The van der Waals surface area contributed by atoms with Crippen molar-refractivity contribution in [1.29, 1.82) is 0 Å². The summed E-state index contributed by atoms with van der Waals surface area (Å²) >= 11 is 5.90. The van der Waals surface area contributed by atoms with Crippen LogP contribution in [0.25, 0.3) is 0 Å². The summed E-state index contributed by atoms with van der Waals surface area (Å²) in [6, 6.07) is 21.6. The second-order valence-electron chi connectivity index (χ2n) is 6.13. The summed E-state index contributed by atoms with van der Waals surface area (Å²) in [6.45, 7) is 0. The molecule has 0 spiro atoms. The van der Waals surface area contributed by atoms with Gasteiger partial charge in [-0.25, -0.2) is 4.39 Å². The average molecular weight is 364 g/mol. The highest BCUT2D eigenvalue weighted by atomic mass is 35.5. The molecule has 0 amide bonds. The van der Waals surface area contributed by atoms with Crippen molar-refractivity contribution in [2.45, 2.75) is 5.92 Å². The van der Waals surface area contributed by atoms with Crippen molar-refractivity contribution >= 4 is 23.1 Å². The van der Waals surface area contributed by atoms with Gasteiger partial charge in [0, 0.05) is 28.4 Å². The van der Waals surface area contributed by atoms with Crippen LogP contribution in [0.3, 0.4) is 0 Å². The minimum Gasteiger partial charge on any atom is -0.361 e. The van der Waals surface area contributed by atoms with Crippen LogP contribution in [0.15, 0.2) is 84.6 Å². The van der Waals surface area contributed by atoms with Gasteiger partial charge in [0.2, 0.25) is 0 Å². The van der Waals surface area contributed by atoms with Crippen molar-refractivity contribution in [3.63, 3.8) is 0 Å². The summed E-state index contributed by atoms with van der Waals surface area (Å²) in [6.07, 6.45) is 1.67. The smallest absolute Gasteiger partial charge is 0.194 e. The summed E-state index contributed by atoms with van der Waals surface area (Å²) in [5.74, 6) is -1.06. The Bertz CT molecular complexity index is 996. The van der Waals surface area contributed by atoms with E-state index in [9.17, 15) is 9.18 Å². The Morgan fingerprint density at radius 3 is 2.38 bits per heavy atom. The van der Waals surface area contributed by atoms with Crippen LogP contribution in [0.4, 0.5) is 10.1 Å². The molecule has 0 fully saturated rings. The van der Waals surface area contributed by atoms with E-state index in [2.05, 4.69) is 5.32 Å². The molecule has 0 bridgehead atoms. The molecule has 3 aromatic carbocycles. The van der Waals surface area contributed by atoms with E-state index in [1.165, 1.54) is 6.07 Å². The van der Waals surface area contributed by atoms with Gasteiger partial charge in [-0.15, -0.1) is 0 Å². The average Bonchev–Trinajstić information content (AvgIpc) is 2.95. The van der Waals surface area contributed by atoms with Gasteiger partial charge in [0.25, 0.3) is 0 Å². The van der Waals surface area contributed by atoms with E-state index < -0.39 is 5.82 Å². The number of Topliss-reactive ketones (excluding diaryl/α,β-unsaturated/α-hetero) is 1. The van der Waals surface area contributed by atoms with Crippen LogP contribution in [-0.4, -0.2) is 5.78 Å². The number of carbonyl (C=O) groups is 1. The Morgan fingerprint density at radius 2 is 1.65 bits per heavy atom. The Balaban J connectivity index is 1.79. The molecule has 0 radical (unpaired) electrons. The fourth-order valence-electron chi connectivity index (χ4n) is 3.32. The third-order valence-corrected chi connectivity index (χ3v) is 4.78. The quantitative estimate of drug-likeness (QED) is 0.595. The first-order valence-electron chi connectivity index (χ1n) is 8.25. The number of hydrogen-bond acceptors (Lipinski definition) is 2. The Morgan fingerprint density at radius 1 is 0.923 bits per heavy atom. The maximum atomic E-state index is 14.3. The summed E-state index contributed by atoms with van der Waals surface area (Å²) in [4.78, 5) is 12.9. The summed E-state index contributed by atoms with van der Waals surface area (Å²) in [5.41, 5.74) is 3.13. The molecule has 0 heterocycles. The molecule has 26 heavy (non-hydrogen) atoms. The van der Waals surface area contributed by atoms with Gasteiger partial charge in [0.1, 0.15) is 5.82 Å². The van der Waals surface area contributed by atoms with Crippen molar-refractivity contribution in [3.8, 4) is 0 Å². The van der Waals surface area contributed by atoms with Gasteiger partial charge in [-0.3, -0.25) is 4.79 Å². The lowest BCUT2D eigenvalue weighted by Crippen LogP contribution is -2.05. The van der Waals surface area contributed by atoms with Gasteiger partial charge in [-0.05, 0) is 41.5 Å². The lowest BCUT2D eigenvalue weighted by molar-refractivity contribution is 0.103. The molecule has 4 rings (SSSR count). The number of benzene rings is 3. The molecule has 128 valence electrons. The first-order valence-corrected chi connectivity index (χ1v) is 8.63. The standard InChI is InChI=1S/C22H15ClFNO/c23-15-9-11-16(12-10-15)25-13-18-20(14-5-2-1-3-6-14)17-7-4-8-19(24)21(17)22(18)26/h1-13,20,25H/b18-13+/t20-/m0/s1. The molecule has 0 unspecified atom stereocenters. The molecule has 0 saturated carbocycles. The highest BCUT2D eigenvalue weighted by Gasteiger charge is 2.37. The van der Waals surface area contributed by atoms with E-state index in [4.69, 9.17) is 11.6 Å². The largest absolute Gasteiger partial charge is 0.361 e. The maximum absolute atomic E-state index is 14.3. The summed E-state index contributed by atoms with van der Waals surface area (Å²) in [7, 11) is 0. The van der Waals surface area contributed by atoms with E-state index in [1.807, 2.05) is 48.5 Å². The molecule has 4 heteroatoms. The van der Waals surface area contributed by atoms with E-state index in [1.54, 1.807) is 24.4 Å². The van der Waals surface area contributed by atoms with Crippen LogP contribution >= 0.6 is 11.6 Å². The zero-order chi connectivity index (χ0) is 18.1. The highest BCUT2D eigenvalue weighted by Crippen LogP contribution is 2.42. The molecule has 3 aromatic rings. The monoisotopic (exact) mass is 363 g/mol. The predicted molar refractivity (Wildman–Crippen MR) is 102 cm³/mol. The molecule has 1 aliphatic carbocycles. The van der Waals surface area contributed by atoms with Gasteiger partial charge in [0.15, 0.2) is 5.78 Å². The number of halogens is 2. The molecular formula is C22H15ClFNO. The van der Waals surface area contributed by atoms with E-state index in [-0.39, 0.29) is 17.3 Å². The molecule has 1 N–H and O–H groups in total. The molecule has 0 aromatic heterocycles. The number of anilines is 1. The normalized spacial score (nSPS) is 17.4. The first-order chi connectivity index (χ1) is 12.6. The number of allylic oxidation sites excluding steroid dienone is 1. The first kappa shape index (κ1) is 16.6. The van der Waals surface area contributed by atoms with E-state index in [0.717, 1.165) is 11.3 Å². The Hall–Kier alpha value is -2.91. The van der Waals surface area contributed by atoms with Gasteiger partial charge in [0.05, 0.1) is 5.56 Å². The van der Waals surface area contributed by atoms with Crippen molar-refractivity contribution in [2.75, 3.05) is 5.32 Å². The van der Waals surface area contributed by atoms with Crippen LogP contribution in [0, 0.1) is 5.82 Å². The number of carbonyl (C=O) groups excluding carboxylic acids is 1. The fraction of sp³-hybridized carbons (Fsp3) is 0.0455. The number of ketones is 1. The minimum absolute atomic E-state index is 0.158.